The minimum Gasteiger partial charge on any atom is -0.333 e. The van der Waals surface area contributed by atoms with Crippen molar-refractivity contribution in [1.82, 2.24) is 9.97 Å². The molecule has 0 saturated heterocycles. The van der Waals surface area contributed by atoms with E-state index >= 15 is 0 Å². The van der Waals surface area contributed by atoms with Crippen LogP contribution in [0.1, 0.15) is 6.92 Å². The Balaban J connectivity index is 1.67. The number of anilines is 1. The van der Waals surface area contributed by atoms with Gasteiger partial charge in [0.2, 0.25) is 5.91 Å². The van der Waals surface area contributed by atoms with Crippen LogP contribution >= 0.6 is 27.7 Å². The first kappa shape index (κ1) is 18.6. The predicted molar refractivity (Wildman–Crippen MR) is 102 cm³/mol. The molecule has 4 nitrogen and oxygen atoms in total. The van der Waals surface area contributed by atoms with Crippen molar-refractivity contribution in [3.63, 3.8) is 0 Å². The van der Waals surface area contributed by atoms with Crippen LogP contribution in [0.15, 0.2) is 58.3 Å². The van der Waals surface area contributed by atoms with Crippen LogP contribution < -0.4 is 5.32 Å². The second kappa shape index (κ2) is 8.01. The maximum absolute atomic E-state index is 13.6. The van der Waals surface area contributed by atoms with Crippen molar-refractivity contribution in [1.29, 1.82) is 0 Å². The highest BCUT2D eigenvalue weighted by atomic mass is 79.9. The topological polar surface area (TPSA) is 57.8 Å². The lowest BCUT2D eigenvalue weighted by atomic mass is 10.2. The number of aromatic amines is 1. The molecule has 0 unspecified atom stereocenters. The van der Waals surface area contributed by atoms with Gasteiger partial charge in [0.15, 0.2) is 5.16 Å². The van der Waals surface area contributed by atoms with Crippen LogP contribution in [0.5, 0.6) is 0 Å². The molecule has 2 aromatic carbocycles. The third kappa shape index (κ3) is 4.31. The van der Waals surface area contributed by atoms with Crippen LogP contribution in [0, 0.1) is 11.6 Å². The van der Waals surface area contributed by atoms with Crippen LogP contribution in [-0.2, 0) is 4.79 Å². The minimum absolute atomic E-state index is 0.444. The van der Waals surface area contributed by atoms with Crippen molar-refractivity contribution in [3.05, 3.63) is 64.8 Å². The summed E-state index contributed by atoms with van der Waals surface area (Å²) in [4.78, 5) is 19.6. The summed E-state index contributed by atoms with van der Waals surface area (Å²) < 4.78 is 28.2. The van der Waals surface area contributed by atoms with Crippen LogP contribution in [0.4, 0.5) is 14.5 Å². The fourth-order valence-electron chi connectivity index (χ4n) is 2.20. The van der Waals surface area contributed by atoms with Gasteiger partial charge in [0.25, 0.3) is 0 Å². The van der Waals surface area contributed by atoms with E-state index in [1.54, 1.807) is 13.1 Å². The first-order valence-corrected chi connectivity index (χ1v) is 9.34. The molecular formula is C18H14BrF2N3OS. The highest BCUT2D eigenvalue weighted by Gasteiger charge is 2.19. The number of para-hydroxylation sites is 1. The van der Waals surface area contributed by atoms with E-state index in [0.29, 0.717) is 5.16 Å². The van der Waals surface area contributed by atoms with Crippen LogP contribution in [0.25, 0.3) is 11.3 Å². The SMILES string of the molecule is C[C@H](Sc1ncc(-c2ccc(Br)cc2)[nH]1)C(=O)Nc1c(F)cccc1F. The number of H-pyrrole nitrogens is 1. The minimum atomic E-state index is -0.814. The van der Waals surface area contributed by atoms with E-state index < -0.39 is 28.5 Å². The average Bonchev–Trinajstić information content (AvgIpc) is 3.07. The molecule has 3 aromatic rings. The molecule has 8 heteroatoms. The molecule has 3 rings (SSSR count). The highest BCUT2D eigenvalue weighted by molar-refractivity contribution is 9.10. The maximum Gasteiger partial charge on any atom is 0.237 e. The number of hydrogen-bond donors (Lipinski definition) is 2. The molecule has 0 aliphatic carbocycles. The van der Waals surface area contributed by atoms with Crippen LogP contribution in [0.2, 0.25) is 0 Å². The van der Waals surface area contributed by atoms with Crippen molar-refractivity contribution in [2.75, 3.05) is 5.32 Å². The Morgan fingerprint density at radius 3 is 2.50 bits per heavy atom. The van der Waals surface area contributed by atoms with Gasteiger partial charge in [0.05, 0.1) is 17.1 Å². The number of amides is 1. The number of aromatic nitrogens is 2. The average molecular weight is 438 g/mol. The van der Waals surface area contributed by atoms with Gasteiger partial charge in [-0.3, -0.25) is 4.79 Å². The summed E-state index contributed by atoms with van der Waals surface area (Å²) in [6.07, 6.45) is 1.67. The summed E-state index contributed by atoms with van der Waals surface area (Å²) in [7, 11) is 0. The van der Waals surface area contributed by atoms with Crippen molar-refractivity contribution in [2.24, 2.45) is 0 Å². The summed E-state index contributed by atoms with van der Waals surface area (Å²) in [5.74, 6) is -2.14. The van der Waals surface area contributed by atoms with E-state index in [-0.39, 0.29) is 0 Å². The Morgan fingerprint density at radius 1 is 1.19 bits per heavy atom. The van der Waals surface area contributed by atoms with Gasteiger partial charge in [0.1, 0.15) is 17.3 Å². The largest absolute Gasteiger partial charge is 0.333 e. The number of rotatable bonds is 5. The first-order valence-electron chi connectivity index (χ1n) is 7.66. The van der Waals surface area contributed by atoms with Crippen LogP contribution in [0.3, 0.4) is 0 Å². The Kier molecular flexibility index (Phi) is 5.73. The van der Waals surface area contributed by atoms with Gasteiger partial charge in [0, 0.05) is 4.47 Å². The molecule has 0 spiro atoms. The highest BCUT2D eigenvalue weighted by Crippen LogP contribution is 2.26. The van der Waals surface area contributed by atoms with Gasteiger partial charge in [-0.05, 0) is 36.8 Å². The fourth-order valence-corrected chi connectivity index (χ4v) is 3.25. The summed E-state index contributed by atoms with van der Waals surface area (Å²) >= 11 is 4.55. The van der Waals surface area contributed by atoms with Crippen molar-refractivity contribution >= 4 is 39.3 Å². The van der Waals surface area contributed by atoms with Gasteiger partial charge in [-0.1, -0.05) is 45.9 Å². The lowest BCUT2D eigenvalue weighted by Gasteiger charge is -2.11. The third-order valence-electron chi connectivity index (χ3n) is 3.58. The second-order valence-electron chi connectivity index (χ2n) is 5.45. The molecule has 134 valence electrons. The second-order valence-corrected chi connectivity index (χ2v) is 7.70. The van der Waals surface area contributed by atoms with Gasteiger partial charge < -0.3 is 10.3 Å². The van der Waals surface area contributed by atoms with Gasteiger partial charge in [-0.15, -0.1) is 0 Å². The van der Waals surface area contributed by atoms with E-state index in [4.69, 9.17) is 0 Å². The molecule has 1 atom stereocenters. The molecular weight excluding hydrogens is 424 g/mol. The molecule has 1 aromatic heterocycles. The lowest BCUT2D eigenvalue weighted by Crippen LogP contribution is -2.23. The molecule has 1 heterocycles. The number of carbonyl (C=O) groups is 1. The predicted octanol–water partition coefficient (Wildman–Crippen LogP) is 5.24. The molecule has 0 saturated carbocycles. The fraction of sp³-hybridized carbons (Fsp3) is 0.111. The number of halogens is 3. The van der Waals surface area contributed by atoms with Crippen molar-refractivity contribution in [3.8, 4) is 11.3 Å². The monoisotopic (exact) mass is 437 g/mol. The van der Waals surface area contributed by atoms with E-state index in [0.717, 1.165) is 27.9 Å². The molecule has 0 aliphatic heterocycles. The van der Waals surface area contributed by atoms with E-state index in [2.05, 4.69) is 31.2 Å². The van der Waals surface area contributed by atoms with Crippen molar-refractivity contribution in [2.45, 2.75) is 17.3 Å². The molecule has 0 fully saturated rings. The maximum atomic E-state index is 13.6. The first-order chi connectivity index (χ1) is 12.4. The number of hydrogen-bond acceptors (Lipinski definition) is 3. The Bertz CT molecular complexity index is 910. The van der Waals surface area contributed by atoms with Crippen molar-refractivity contribution < 1.29 is 13.6 Å². The molecule has 26 heavy (non-hydrogen) atoms. The molecule has 0 radical (unpaired) electrons. The summed E-state index contributed by atoms with van der Waals surface area (Å²) in [6.45, 7) is 1.64. The van der Waals surface area contributed by atoms with Gasteiger partial charge >= 0.3 is 0 Å². The zero-order chi connectivity index (χ0) is 18.7. The zero-order valence-electron chi connectivity index (χ0n) is 13.6. The number of nitrogens with zero attached hydrogens (tertiary/aromatic N) is 1. The lowest BCUT2D eigenvalue weighted by molar-refractivity contribution is -0.115. The Hall–Kier alpha value is -2.19. The Labute approximate surface area is 161 Å². The molecule has 0 bridgehead atoms. The standard InChI is InChI=1S/C18H14BrF2N3OS/c1-10(17(25)24-16-13(20)3-2-4-14(16)21)26-18-22-9-15(23-18)11-5-7-12(19)8-6-11/h2-10H,1H3,(H,22,23)(H,24,25)/t10-/m0/s1. The number of benzene rings is 2. The summed E-state index contributed by atoms with van der Waals surface area (Å²) in [5, 5.41) is 2.23. The quantitative estimate of drug-likeness (QED) is 0.536. The number of thioether (sulfide) groups is 1. The van der Waals surface area contributed by atoms with E-state index in [1.807, 2.05) is 24.3 Å². The van der Waals surface area contributed by atoms with E-state index in [9.17, 15) is 13.6 Å². The summed E-state index contributed by atoms with van der Waals surface area (Å²) in [6, 6.07) is 11.1. The number of nitrogens with one attached hydrogen (secondary N) is 2. The third-order valence-corrected chi connectivity index (χ3v) is 5.10. The van der Waals surface area contributed by atoms with Crippen LogP contribution in [-0.4, -0.2) is 21.1 Å². The molecule has 0 aliphatic rings. The number of carbonyl (C=O) groups excluding carboxylic acids is 1. The van der Waals surface area contributed by atoms with Gasteiger partial charge in [-0.2, -0.15) is 0 Å². The van der Waals surface area contributed by atoms with E-state index in [1.165, 1.54) is 17.8 Å². The molecule has 1 amide bonds. The normalized spacial score (nSPS) is 12.0. The Morgan fingerprint density at radius 2 is 1.85 bits per heavy atom. The smallest absolute Gasteiger partial charge is 0.237 e. The van der Waals surface area contributed by atoms with Gasteiger partial charge in [-0.25, -0.2) is 13.8 Å². The summed E-state index contributed by atoms with van der Waals surface area (Å²) in [5.41, 5.74) is 1.32. The number of imidazole rings is 1. The zero-order valence-corrected chi connectivity index (χ0v) is 16.0. The molecule has 2 N–H and O–H groups in total.